The van der Waals surface area contributed by atoms with Crippen molar-refractivity contribution in [3.8, 4) is 0 Å². The summed E-state index contributed by atoms with van der Waals surface area (Å²) in [6, 6.07) is 13.7. The molecule has 0 unspecified atom stereocenters. The zero-order valence-electron chi connectivity index (χ0n) is 17.1. The Morgan fingerprint density at radius 3 is 2.37 bits per heavy atom. The standard InChI is InChI=1S/C22H22N2O5S/c1-22(2,3)29-21(27)24-15-7-5-6-13(10-15)19(25)23-16-8-9-17-14(11-16)12-18(30-17)20(26)28-4/h5-12H,1-4H3,(H,23,25)(H,24,27). The van der Waals surface area contributed by atoms with E-state index in [2.05, 4.69) is 10.6 Å². The first kappa shape index (κ1) is 21.3. The second-order valence-electron chi connectivity index (χ2n) is 7.52. The van der Waals surface area contributed by atoms with Crippen molar-refractivity contribution in [1.82, 2.24) is 0 Å². The van der Waals surface area contributed by atoms with Gasteiger partial charge >= 0.3 is 12.1 Å². The smallest absolute Gasteiger partial charge is 0.412 e. The van der Waals surface area contributed by atoms with E-state index in [4.69, 9.17) is 9.47 Å². The topological polar surface area (TPSA) is 93.7 Å². The zero-order chi connectivity index (χ0) is 21.9. The van der Waals surface area contributed by atoms with Gasteiger partial charge < -0.3 is 14.8 Å². The number of carbonyl (C=O) groups is 3. The molecule has 0 radical (unpaired) electrons. The second kappa shape index (κ2) is 8.54. The first-order valence-electron chi connectivity index (χ1n) is 9.18. The van der Waals surface area contributed by atoms with Gasteiger partial charge in [0.2, 0.25) is 0 Å². The lowest BCUT2D eigenvalue weighted by Gasteiger charge is -2.19. The number of rotatable bonds is 4. The summed E-state index contributed by atoms with van der Waals surface area (Å²) in [5, 5.41) is 6.28. The molecule has 0 aliphatic heterocycles. The Kier molecular flexibility index (Phi) is 6.07. The van der Waals surface area contributed by atoms with Crippen molar-refractivity contribution in [3.63, 3.8) is 0 Å². The van der Waals surface area contributed by atoms with Crippen LogP contribution in [0.4, 0.5) is 16.2 Å². The lowest BCUT2D eigenvalue weighted by Crippen LogP contribution is -2.27. The van der Waals surface area contributed by atoms with Gasteiger partial charge in [0.15, 0.2) is 0 Å². The van der Waals surface area contributed by atoms with E-state index < -0.39 is 17.7 Å². The van der Waals surface area contributed by atoms with Gasteiger partial charge in [0.05, 0.1) is 7.11 Å². The fourth-order valence-electron chi connectivity index (χ4n) is 2.69. The lowest BCUT2D eigenvalue weighted by atomic mass is 10.1. The molecule has 8 heteroatoms. The van der Waals surface area contributed by atoms with Crippen molar-refractivity contribution in [2.75, 3.05) is 17.7 Å². The lowest BCUT2D eigenvalue weighted by molar-refractivity contribution is 0.0603. The summed E-state index contributed by atoms with van der Waals surface area (Å²) in [6.07, 6.45) is -0.593. The largest absolute Gasteiger partial charge is 0.465 e. The zero-order valence-corrected chi connectivity index (χ0v) is 17.9. The van der Waals surface area contributed by atoms with Crippen molar-refractivity contribution < 1.29 is 23.9 Å². The quantitative estimate of drug-likeness (QED) is 0.553. The minimum absolute atomic E-state index is 0.328. The van der Waals surface area contributed by atoms with Crippen LogP contribution in [0.15, 0.2) is 48.5 Å². The molecule has 2 amide bonds. The molecule has 0 spiro atoms. The number of carbonyl (C=O) groups excluding carboxylic acids is 3. The van der Waals surface area contributed by atoms with Crippen LogP contribution in [0.2, 0.25) is 0 Å². The number of benzene rings is 2. The highest BCUT2D eigenvalue weighted by Crippen LogP contribution is 2.29. The van der Waals surface area contributed by atoms with Crippen LogP contribution in [0.25, 0.3) is 10.1 Å². The monoisotopic (exact) mass is 426 g/mol. The molecule has 1 aromatic heterocycles. The van der Waals surface area contributed by atoms with Crippen molar-refractivity contribution >= 4 is 50.8 Å². The Balaban J connectivity index is 1.72. The van der Waals surface area contributed by atoms with Gasteiger partial charge in [-0.2, -0.15) is 0 Å². The van der Waals surface area contributed by atoms with E-state index in [-0.39, 0.29) is 5.91 Å². The molecule has 2 aromatic carbocycles. The van der Waals surface area contributed by atoms with Crippen LogP contribution in [-0.2, 0) is 9.47 Å². The number of fused-ring (bicyclic) bond motifs is 1. The Hall–Kier alpha value is -3.39. The highest BCUT2D eigenvalue weighted by atomic mass is 32.1. The summed E-state index contributed by atoms with van der Waals surface area (Å²) in [7, 11) is 1.34. The van der Waals surface area contributed by atoms with Gasteiger partial charge in [-0.1, -0.05) is 6.07 Å². The van der Waals surface area contributed by atoms with Crippen LogP contribution in [-0.4, -0.2) is 30.7 Å². The van der Waals surface area contributed by atoms with E-state index in [9.17, 15) is 14.4 Å². The predicted molar refractivity (Wildman–Crippen MR) is 117 cm³/mol. The molecule has 156 valence electrons. The molecule has 0 aliphatic carbocycles. The maximum Gasteiger partial charge on any atom is 0.412 e. The number of esters is 1. The number of amides is 2. The van der Waals surface area contributed by atoms with Gasteiger partial charge in [0, 0.05) is 21.6 Å². The summed E-state index contributed by atoms with van der Waals surface area (Å²) < 4.78 is 10.9. The van der Waals surface area contributed by atoms with E-state index in [0.29, 0.717) is 21.8 Å². The third-order valence-electron chi connectivity index (χ3n) is 3.93. The molecular formula is C22H22N2O5S. The predicted octanol–water partition coefficient (Wildman–Crippen LogP) is 5.29. The Morgan fingerprint density at radius 1 is 0.933 bits per heavy atom. The molecule has 0 atom stereocenters. The maximum absolute atomic E-state index is 12.7. The fourth-order valence-corrected chi connectivity index (χ4v) is 3.65. The molecule has 0 aliphatic rings. The molecular weight excluding hydrogens is 404 g/mol. The van der Waals surface area contributed by atoms with E-state index >= 15 is 0 Å². The molecule has 3 aromatic rings. The van der Waals surface area contributed by atoms with Crippen LogP contribution in [0.1, 0.15) is 40.8 Å². The third kappa shape index (κ3) is 5.36. The van der Waals surface area contributed by atoms with Gasteiger partial charge in [-0.25, -0.2) is 9.59 Å². The van der Waals surface area contributed by atoms with Crippen molar-refractivity contribution in [1.29, 1.82) is 0 Å². The Labute approximate surface area is 178 Å². The number of thiophene rings is 1. The van der Waals surface area contributed by atoms with Gasteiger partial charge in [0.25, 0.3) is 5.91 Å². The summed E-state index contributed by atoms with van der Waals surface area (Å²) in [5.74, 6) is -0.721. The summed E-state index contributed by atoms with van der Waals surface area (Å²) in [5.41, 5.74) is 0.803. The number of hydrogen-bond donors (Lipinski definition) is 2. The molecule has 7 nitrogen and oxygen atoms in total. The molecule has 1 heterocycles. The number of anilines is 2. The number of ether oxygens (including phenoxy) is 2. The average Bonchev–Trinajstić information content (AvgIpc) is 3.09. The van der Waals surface area contributed by atoms with E-state index in [0.717, 1.165) is 10.1 Å². The van der Waals surface area contributed by atoms with Gasteiger partial charge in [-0.15, -0.1) is 11.3 Å². The minimum Gasteiger partial charge on any atom is -0.465 e. The van der Waals surface area contributed by atoms with Crippen molar-refractivity contribution in [3.05, 3.63) is 59.0 Å². The van der Waals surface area contributed by atoms with Crippen molar-refractivity contribution in [2.24, 2.45) is 0 Å². The average molecular weight is 426 g/mol. The molecule has 0 saturated carbocycles. The van der Waals surface area contributed by atoms with Crippen LogP contribution in [0, 0.1) is 0 Å². The normalized spacial score (nSPS) is 11.1. The SMILES string of the molecule is COC(=O)c1cc2cc(NC(=O)c3cccc(NC(=O)OC(C)(C)C)c3)ccc2s1. The summed E-state index contributed by atoms with van der Waals surface area (Å²) >= 11 is 1.33. The molecule has 0 saturated heterocycles. The third-order valence-corrected chi connectivity index (χ3v) is 5.03. The van der Waals surface area contributed by atoms with Gasteiger partial charge in [0.1, 0.15) is 10.5 Å². The Bertz CT molecular complexity index is 1110. The summed E-state index contributed by atoms with van der Waals surface area (Å²) in [4.78, 5) is 36.8. The highest BCUT2D eigenvalue weighted by molar-refractivity contribution is 7.20. The van der Waals surface area contributed by atoms with Crippen LogP contribution >= 0.6 is 11.3 Å². The van der Waals surface area contributed by atoms with Gasteiger partial charge in [-0.05, 0) is 68.6 Å². The first-order valence-corrected chi connectivity index (χ1v) is 9.99. The van der Waals surface area contributed by atoms with Crippen LogP contribution in [0.5, 0.6) is 0 Å². The summed E-state index contributed by atoms with van der Waals surface area (Å²) in [6.45, 7) is 5.32. The molecule has 0 bridgehead atoms. The highest BCUT2D eigenvalue weighted by Gasteiger charge is 2.17. The molecule has 30 heavy (non-hydrogen) atoms. The second-order valence-corrected chi connectivity index (χ2v) is 8.60. The number of methoxy groups -OCH3 is 1. The molecule has 3 rings (SSSR count). The van der Waals surface area contributed by atoms with Crippen molar-refractivity contribution in [2.45, 2.75) is 26.4 Å². The maximum atomic E-state index is 12.7. The number of nitrogens with one attached hydrogen (secondary N) is 2. The number of hydrogen-bond acceptors (Lipinski definition) is 6. The molecule has 0 fully saturated rings. The van der Waals surface area contributed by atoms with Crippen LogP contribution in [0.3, 0.4) is 0 Å². The van der Waals surface area contributed by atoms with E-state index in [1.54, 1.807) is 63.2 Å². The molecule has 2 N–H and O–H groups in total. The fraction of sp³-hybridized carbons (Fsp3) is 0.227. The van der Waals surface area contributed by atoms with E-state index in [1.165, 1.54) is 18.4 Å². The van der Waals surface area contributed by atoms with Crippen LogP contribution < -0.4 is 10.6 Å². The first-order chi connectivity index (χ1) is 14.1. The van der Waals surface area contributed by atoms with Gasteiger partial charge in [-0.3, -0.25) is 10.1 Å². The van der Waals surface area contributed by atoms with E-state index in [1.807, 2.05) is 6.07 Å². The minimum atomic E-state index is -0.618. The Morgan fingerprint density at radius 2 is 1.67 bits per heavy atom.